The lowest BCUT2D eigenvalue weighted by molar-refractivity contribution is 0.466. The molecule has 0 spiro atoms. The Hall–Kier alpha value is -0.260. The fourth-order valence-corrected chi connectivity index (χ4v) is 1.43. The predicted molar refractivity (Wildman–Crippen MR) is 169 cm³/mol. The number of allylic oxidation sites excluding steroid dienone is 2. The average Bonchev–Trinajstić information content (AvgIpc) is 3.68. The lowest BCUT2D eigenvalue weighted by Crippen LogP contribution is -1.92. The van der Waals surface area contributed by atoms with E-state index in [9.17, 15) is 0 Å². The van der Waals surface area contributed by atoms with Gasteiger partial charge in [-0.1, -0.05) is 200 Å². The van der Waals surface area contributed by atoms with Crippen molar-refractivity contribution >= 4 is 0 Å². The van der Waals surface area contributed by atoms with E-state index in [1.165, 1.54) is 77.0 Å². The van der Waals surface area contributed by atoms with Crippen molar-refractivity contribution in [2.45, 2.75) is 201 Å². The number of hydrogen-bond donors (Lipinski definition) is 0. The van der Waals surface area contributed by atoms with Gasteiger partial charge in [-0.15, -0.1) is 0 Å². The van der Waals surface area contributed by atoms with Gasteiger partial charge in [-0.05, 0) is 19.3 Å². The molecule has 1 unspecified atom stereocenters. The van der Waals surface area contributed by atoms with E-state index in [2.05, 4.69) is 95.2 Å². The fourth-order valence-electron chi connectivity index (χ4n) is 1.43. The molecule has 0 amide bonds. The van der Waals surface area contributed by atoms with Crippen molar-refractivity contribution < 1.29 is 0 Å². The van der Waals surface area contributed by atoms with Crippen molar-refractivity contribution in [1.29, 1.82) is 0 Å². The zero-order valence-electron chi connectivity index (χ0n) is 27.9. The third kappa shape index (κ3) is 296. The van der Waals surface area contributed by atoms with E-state index in [1.54, 1.807) is 0 Å². The van der Waals surface area contributed by atoms with Crippen molar-refractivity contribution in [1.82, 2.24) is 0 Å². The van der Waals surface area contributed by atoms with Crippen molar-refractivity contribution in [3.05, 3.63) is 12.2 Å². The molecule has 212 valence electrons. The van der Waals surface area contributed by atoms with Gasteiger partial charge in [-0.3, -0.25) is 0 Å². The normalized spacial score (nSPS) is 9.97. The van der Waals surface area contributed by atoms with Gasteiger partial charge in [0.2, 0.25) is 0 Å². The summed E-state index contributed by atoms with van der Waals surface area (Å²) >= 11 is 0. The molecule has 1 saturated carbocycles. The SMILES string of the molecule is C/C=C/CC.C1CC1.CC.CC.CCC.CCC.CCC.CCC.CCCCC(C)CCC. The molecule has 33 heavy (non-hydrogen) atoms. The molecule has 0 aromatic rings. The maximum Gasteiger partial charge on any atom is -0.0379 e. The molecule has 0 heteroatoms. The molecule has 1 rings (SSSR count). The van der Waals surface area contributed by atoms with Crippen LogP contribution in [0.5, 0.6) is 0 Å². The molecule has 1 aliphatic rings. The molecule has 0 bridgehead atoms. The van der Waals surface area contributed by atoms with Crippen molar-refractivity contribution in [2.75, 3.05) is 0 Å². The Morgan fingerprint density at radius 2 is 0.848 bits per heavy atom. The fraction of sp³-hybridized carbons (Fsp3) is 0.939. The van der Waals surface area contributed by atoms with Gasteiger partial charge in [-0.2, -0.15) is 0 Å². The topological polar surface area (TPSA) is 0 Å². The molecule has 1 fully saturated rings. The zero-order valence-corrected chi connectivity index (χ0v) is 27.9. The number of unbranched alkanes of at least 4 members (excludes halogenated alkanes) is 1. The highest BCUT2D eigenvalue weighted by Gasteiger charge is 1.97. The van der Waals surface area contributed by atoms with Crippen LogP contribution in [0.25, 0.3) is 0 Å². The molecule has 0 nitrogen and oxygen atoms in total. The van der Waals surface area contributed by atoms with Crippen LogP contribution in [-0.4, -0.2) is 0 Å². The lowest BCUT2D eigenvalue weighted by Gasteiger charge is -2.07. The van der Waals surface area contributed by atoms with Crippen LogP contribution < -0.4 is 0 Å². The molecule has 0 aromatic heterocycles. The number of hydrogen-bond acceptors (Lipinski definition) is 0. The van der Waals surface area contributed by atoms with E-state index in [0.29, 0.717) is 0 Å². The van der Waals surface area contributed by atoms with Gasteiger partial charge in [0.1, 0.15) is 0 Å². The highest BCUT2D eigenvalue weighted by molar-refractivity contribution is 4.73. The molecule has 0 aliphatic heterocycles. The van der Waals surface area contributed by atoms with Crippen molar-refractivity contribution in [3.63, 3.8) is 0 Å². The highest BCUT2D eigenvalue weighted by Crippen LogP contribution is 2.15. The molecule has 0 saturated heterocycles. The molecule has 0 aromatic carbocycles. The van der Waals surface area contributed by atoms with E-state index in [0.717, 1.165) is 12.3 Å². The second-order valence-corrected chi connectivity index (χ2v) is 7.90. The van der Waals surface area contributed by atoms with Gasteiger partial charge in [0, 0.05) is 0 Å². The van der Waals surface area contributed by atoms with Crippen LogP contribution in [0.3, 0.4) is 0 Å². The van der Waals surface area contributed by atoms with Gasteiger partial charge in [-0.25, -0.2) is 0 Å². The summed E-state index contributed by atoms with van der Waals surface area (Å²) in [6.45, 7) is 36.0. The maximum atomic E-state index is 2.36. The zero-order chi connectivity index (χ0) is 28.2. The van der Waals surface area contributed by atoms with Crippen molar-refractivity contribution in [3.8, 4) is 0 Å². The molecular formula is C33H80. The maximum absolute atomic E-state index is 2.36. The largest absolute Gasteiger partial charge is 0.0917 e. The van der Waals surface area contributed by atoms with Gasteiger partial charge >= 0.3 is 0 Å². The Morgan fingerprint density at radius 3 is 0.970 bits per heavy atom. The van der Waals surface area contributed by atoms with Gasteiger partial charge in [0.05, 0.1) is 0 Å². The first-order valence-electron chi connectivity index (χ1n) is 15.5. The third-order valence-electron chi connectivity index (χ3n) is 2.66. The van der Waals surface area contributed by atoms with E-state index < -0.39 is 0 Å². The first-order valence-corrected chi connectivity index (χ1v) is 15.5. The summed E-state index contributed by atoms with van der Waals surface area (Å²) in [5, 5.41) is 0. The van der Waals surface area contributed by atoms with Crippen LogP contribution >= 0.6 is 0 Å². The van der Waals surface area contributed by atoms with Gasteiger partial charge in [0.15, 0.2) is 0 Å². The predicted octanol–water partition coefficient (Wildman–Crippen LogP) is 14.5. The summed E-state index contributed by atoms with van der Waals surface area (Å²) in [5.41, 5.74) is 0. The molecule has 0 N–H and O–H groups in total. The first-order chi connectivity index (χ1) is 15.9. The third-order valence-corrected chi connectivity index (χ3v) is 2.66. The highest BCUT2D eigenvalue weighted by atomic mass is 14.0. The van der Waals surface area contributed by atoms with Crippen LogP contribution in [0, 0.1) is 5.92 Å². The molecule has 0 radical (unpaired) electrons. The second-order valence-electron chi connectivity index (χ2n) is 7.90. The molecule has 0 heterocycles. The summed E-state index contributed by atoms with van der Waals surface area (Å²) < 4.78 is 0. The summed E-state index contributed by atoms with van der Waals surface area (Å²) in [5.74, 6) is 0.968. The van der Waals surface area contributed by atoms with Crippen LogP contribution in [0.4, 0.5) is 0 Å². The van der Waals surface area contributed by atoms with Gasteiger partial charge < -0.3 is 0 Å². The Balaban J connectivity index is -0.0000000378. The van der Waals surface area contributed by atoms with Crippen LogP contribution in [0.2, 0.25) is 0 Å². The second kappa shape index (κ2) is 95.3. The summed E-state index contributed by atoms with van der Waals surface area (Å²) in [4.78, 5) is 0. The Bertz CT molecular complexity index is 168. The summed E-state index contributed by atoms with van der Waals surface area (Å²) in [6.07, 6.45) is 21.8. The smallest absolute Gasteiger partial charge is 0.0379 e. The van der Waals surface area contributed by atoms with Crippen LogP contribution in [-0.2, 0) is 0 Å². The quantitative estimate of drug-likeness (QED) is 0.334. The van der Waals surface area contributed by atoms with E-state index >= 15 is 0 Å². The molecular weight excluding hydrogens is 396 g/mol. The Morgan fingerprint density at radius 1 is 0.545 bits per heavy atom. The average molecular weight is 477 g/mol. The van der Waals surface area contributed by atoms with Crippen LogP contribution in [0.1, 0.15) is 201 Å². The van der Waals surface area contributed by atoms with E-state index in [4.69, 9.17) is 0 Å². The lowest BCUT2D eigenvalue weighted by atomic mass is 10.00. The minimum absolute atomic E-state index is 0.968. The first kappa shape index (κ1) is 53.9. The Labute approximate surface area is 219 Å². The Kier molecular flexibility index (Phi) is 156. The van der Waals surface area contributed by atoms with Crippen molar-refractivity contribution in [2.24, 2.45) is 5.92 Å². The standard InChI is InChI=1S/C9H20.C5H10.C3H6.4C3H8.2C2H6/c1-4-6-8-9(3)7-5-2;1-3-5-4-2;1-2-3-1;4*1-3-2;2*1-2/h9H,4-8H2,1-3H3;3,5H,4H2,1-2H3;1-3H2;4*3H2,1-2H3;2*1-2H3/b;5-3+;;;;;;;. The van der Waals surface area contributed by atoms with Gasteiger partial charge in [0.25, 0.3) is 0 Å². The monoisotopic (exact) mass is 477 g/mol. The summed E-state index contributed by atoms with van der Waals surface area (Å²) in [7, 11) is 0. The summed E-state index contributed by atoms with van der Waals surface area (Å²) in [6, 6.07) is 0. The van der Waals surface area contributed by atoms with Crippen LogP contribution in [0.15, 0.2) is 12.2 Å². The molecule has 1 atom stereocenters. The molecule has 1 aliphatic carbocycles. The minimum Gasteiger partial charge on any atom is -0.0917 e. The van der Waals surface area contributed by atoms with E-state index in [-0.39, 0.29) is 0 Å². The van der Waals surface area contributed by atoms with E-state index in [1.807, 2.05) is 34.6 Å². The number of rotatable bonds is 6. The minimum atomic E-state index is 0.968.